The van der Waals surface area contributed by atoms with Gasteiger partial charge in [-0.2, -0.15) is 26.3 Å². The van der Waals surface area contributed by atoms with Gasteiger partial charge >= 0.3 is 41.9 Å². The van der Waals surface area contributed by atoms with E-state index >= 15 is 0 Å². The first-order valence-electron chi connectivity index (χ1n) is 2.62. The minimum atomic E-state index is -5.46. The second-order valence-corrected chi connectivity index (χ2v) is 1.87. The average molecular weight is 230 g/mol. The van der Waals surface area contributed by atoms with E-state index in [0.29, 0.717) is 0 Å². The van der Waals surface area contributed by atoms with Gasteiger partial charge in [-0.1, -0.05) is 0 Å². The van der Waals surface area contributed by atoms with Crippen molar-refractivity contribution in [1.82, 2.24) is 0 Å². The molecule has 0 radical (unpaired) electrons. The van der Waals surface area contributed by atoms with Crippen LogP contribution in [-0.4, -0.2) is 18.1 Å². The fourth-order valence-electron chi connectivity index (χ4n) is 0.283. The number of ketones is 1. The molecule has 0 amide bonds. The Morgan fingerprint density at radius 3 is 1.57 bits per heavy atom. The number of rotatable bonds is 1. The van der Waals surface area contributed by atoms with Gasteiger partial charge in [0.25, 0.3) is 5.78 Å². The molecule has 0 atom stereocenters. The standard InChI is InChI=1S/C5H2F6O2.Na/c6-4(7,8)2(12)1-3(13)5(9,10)11;/h1,12H;/q;+1/p-1. The van der Waals surface area contributed by atoms with Crippen molar-refractivity contribution in [1.29, 1.82) is 0 Å². The zero-order valence-electron chi connectivity index (χ0n) is 6.66. The Labute approximate surface area is 95.9 Å². The zero-order chi connectivity index (χ0) is 10.9. The fourth-order valence-corrected chi connectivity index (χ4v) is 0.283. The first kappa shape index (κ1) is 16.2. The summed E-state index contributed by atoms with van der Waals surface area (Å²) >= 11 is 0. The molecule has 14 heavy (non-hydrogen) atoms. The van der Waals surface area contributed by atoms with E-state index in [-0.39, 0.29) is 29.6 Å². The molecule has 0 spiro atoms. The Morgan fingerprint density at radius 1 is 1.00 bits per heavy atom. The van der Waals surface area contributed by atoms with Crippen LogP contribution in [0.3, 0.4) is 0 Å². The predicted molar refractivity (Wildman–Crippen MR) is 25.2 cm³/mol. The molecule has 0 aromatic carbocycles. The van der Waals surface area contributed by atoms with Gasteiger partial charge in [0, 0.05) is 0 Å². The van der Waals surface area contributed by atoms with Gasteiger partial charge in [-0.15, -0.1) is 0 Å². The van der Waals surface area contributed by atoms with Gasteiger partial charge in [0.05, 0.1) is 0 Å². The molecule has 0 aliphatic heterocycles. The number of hydrogen-bond acceptors (Lipinski definition) is 2. The van der Waals surface area contributed by atoms with E-state index in [2.05, 4.69) is 0 Å². The van der Waals surface area contributed by atoms with E-state index in [1.807, 2.05) is 0 Å². The molecular weight excluding hydrogens is 229 g/mol. The van der Waals surface area contributed by atoms with Crippen LogP contribution in [0.5, 0.6) is 0 Å². The summed E-state index contributed by atoms with van der Waals surface area (Å²) in [6.45, 7) is 0. The zero-order valence-corrected chi connectivity index (χ0v) is 8.66. The van der Waals surface area contributed by atoms with Crippen LogP contribution in [0, 0.1) is 0 Å². The number of halogens is 6. The van der Waals surface area contributed by atoms with Crippen molar-refractivity contribution >= 4 is 5.78 Å². The summed E-state index contributed by atoms with van der Waals surface area (Å²) in [6, 6.07) is 0. The van der Waals surface area contributed by atoms with E-state index in [4.69, 9.17) is 0 Å². The molecule has 0 aliphatic carbocycles. The van der Waals surface area contributed by atoms with Crippen molar-refractivity contribution in [2.45, 2.75) is 12.4 Å². The molecule has 0 N–H and O–H groups in total. The van der Waals surface area contributed by atoms with Crippen LogP contribution in [0.1, 0.15) is 0 Å². The van der Waals surface area contributed by atoms with Crippen LogP contribution in [0.25, 0.3) is 0 Å². The van der Waals surface area contributed by atoms with E-state index in [1.54, 1.807) is 0 Å². The summed E-state index contributed by atoms with van der Waals surface area (Å²) in [4.78, 5) is 9.82. The van der Waals surface area contributed by atoms with E-state index < -0.39 is 30.0 Å². The molecule has 0 saturated carbocycles. The predicted octanol–water partition coefficient (Wildman–Crippen LogP) is -2.07. The Hall–Kier alpha value is -0.210. The van der Waals surface area contributed by atoms with Crippen molar-refractivity contribution in [3.8, 4) is 0 Å². The summed E-state index contributed by atoms with van der Waals surface area (Å²) in [5.41, 5.74) is 0. The average Bonchev–Trinajstić information content (AvgIpc) is 1.82. The minimum Gasteiger partial charge on any atom is -0.869 e. The van der Waals surface area contributed by atoms with Gasteiger partial charge in [-0.25, -0.2) is 0 Å². The molecule has 0 aliphatic rings. The van der Waals surface area contributed by atoms with Crippen LogP contribution in [0.15, 0.2) is 11.8 Å². The van der Waals surface area contributed by atoms with Crippen LogP contribution in [-0.2, 0) is 4.79 Å². The molecule has 0 heterocycles. The summed E-state index contributed by atoms with van der Waals surface area (Å²) in [7, 11) is 0. The molecule has 76 valence electrons. The van der Waals surface area contributed by atoms with Crippen LogP contribution in [0.2, 0.25) is 0 Å². The minimum absolute atomic E-state index is 0. The Morgan fingerprint density at radius 2 is 1.36 bits per heavy atom. The molecular formula is C5HF6NaO2. The summed E-state index contributed by atoms with van der Waals surface area (Å²) in [6.07, 6.45) is -11.9. The normalized spacial score (nSPS) is 13.4. The van der Waals surface area contributed by atoms with Crippen molar-refractivity contribution in [2.24, 2.45) is 0 Å². The molecule has 0 saturated heterocycles. The van der Waals surface area contributed by atoms with E-state index in [0.717, 1.165) is 0 Å². The molecule has 0 aromatic rings. The van der Waals surface area contributed by atoms with Gasteiger partial charge in [-0.05, 0) is 11.8 Å². The number of carbonyl (C=O) groups excluding carboxylic acids is 1. The van der Waals surface area contributed by atoms with Crippen molar-refractivity contribution in [3.63, 3.8) is 0 Å². The maximum atomic E-state index is 11.3. The van der Waals surface area contributed by atoms with Gasteiger partial charge in [0.1, 0.15) is 0 Å². The molecule has 0 aromatic heterocycles. The van der Waals surface area contributed by atoms with Gasteiger partial charge in [0.15, 0.2) is 0 Å². The third kappa shape index (κ3) is 5.51. The second-order valence-electron chi connectivity index (χ2n) is 1.87. The van der Waals surface area contributed by atoms with Crippen LogP contribution >= 0.6 is 0 Å². The molecule has 0 rings (SSSR count). The SMILES string of the molecule is O=C(C=C([O-])C(F)(F)F)C(F)(F)F.[Na+]. The summed E-state index contributed by atoms with van der Waals surface area (Å²) in [5, 5.41) is 9.82. The first-order valence-corrected chi connectivity index (χ1v) is 2.62. The number of carbonyl (C=O) groups is 1. The first-order chi connectivity index (χ1) is 5.55. The van der Waals surface area contributed by atoms with Gasteiger partial charge in [0.2, 0.25) is 0 Å². The molecule has 0 unspecified atom stereocenters. The number of allylic oxidation sites excluding steroid dienone is 2. The third-order valence-electron chi connectivity index (χ3n) is 0.821. The number of alkyl halides is 6. The van der Waals surface area contributed by atoms with Gasteiger partial charge < -0.3 is 5.11 Å². The summed E-state index contributed by atoms with van der Waals surface area (Å²) in [5.74, 6) is -5.65. The van der Waals surface area contributed by atoms with Crippen LogP contribution < -0.4 is 34.7 Å². The Balaban J connectivity index is 0. The second kappa shape index (κ2) is 5.04. The third-order valence-corrected chi connectivity index (χ3v) is 0.821. The topological polar surface area (TPSA) is 40.1 Å². The Kier molecular flexibility index (Phi) is 5.84. The van der Waals surface area contributed by atoms with E-state index in [1.165, 1.54) is 0 Å². The monoisotopic (exact) mass is 230 g/mol. The fraction of sp³-hybridized carbons (Fsp3) is 0.400. The molecule has 0 fully saturated rings. The van der Waals surface area contributed by atoms with Crippen molar-refractivity contribution in [3.05, 3.63) is 11.8 Å². The van der Waals surface area contributed by atoms with Crippen molar-refractivity contribution < 1.29 is 65.8 Å². The largest absolute Gasteiger partial charge is 1.00 e. The molecule has 2 nitrogen and oxygen atoms in total. The van der Waals surface area contributed by atoms with Crippen molar-refractivity contribution in [2.75, 3.05) is 0 Å². The maximum Gasteiger partial charge on any atom is 1.00 e. The molecule has 0 bridgehead atoms. The summed E-state index contributed by atoms with van der Waals surface area (Å²) < 4.78 is 67.8. The maximum absolute atomic E-state index is 11.3. The smallest absolute Gasteiger partial charge is 0.869 e. The Bertz CT molecular complexity index is 240. The molecule has 9 heteroatoms. The van der Waals surface area contributed by atoms with E-state index in [9.17, 15) is 36.2 Å². The number of hydrogen-bond donors (Lipinski definition) is 0. The van der Waals surface area contributed by atoms with Gasteiger partial charge in [-0.3, -0.25) is 4.79 Å². The van der Waals surface area contributed by atoms with Crippen LogP contribution in [0.4, 0.5) is 26.3 Å². The quantitative estimate of drug-likeness (QED) is 0.225.